The minimum absolute atomic E-state index is 0.157. The van der Waals surface area contributed by atoms with E-state index in [1.54, 1.807) is 11.0 Å². The van der Waals surface area contributed by atoms with Crippen LogP contribution >= 0.6 is 0 Å². The molecule has 0 spiro atoms. The zero-order valence-corrected chi connectivity index (χ0v) is 13.8. The molecule has 132 valence electrons. The molecule has 0 bridgehead atoms. The largest absolute Gasteiger partial charge is 0.416 e. The molecule has 0 radical (unpaired) electrons. The van der Waals surface area contributed by atoms with Crippen LogP contribution in [0.1, 0.15) is 37.3 Å². The third-order valence-corrected chi connectivity index (χ3v) is 4.28. The number of halogens is 3. The molecule has 0 aliphatic carbocycles. The first-order valence-electron chi connectivity index (χ1n) is 8.38. The first-order valence-corrected chi connectivity index (χ1v) is 8.38. The topological polar surface area (TPSA) is 33.5 Å². The molecule has 2 N–H and O–H groups in total. The molecule has 0 unspecified atom stereocenters. The van der Waals surface area contributed by atoms with Crippen LogP contribution in [0.25, 0.3) is 6.08 Å². The van der Waals surface area contributed by atoms with Gasteiger partial charge >= 0.3 is 6.18 Å². The summed E-state index contributed by atoms with van der Waals surface area (Å²) in [7, 11) is 0. The number of benzene rings is 1. The monoisotopic (exact) mass is 341 g/mol. The number of carbonyl (C=O) groups is 1. The Kier molecular flexibility index (Phi) is 6.43. The van der Waals surface area contributed by atoms with E-state index in [9.17, 15) is 18.0 Å². The zero-order valence-electron chi connectivity index (χ0n) is 13.8. The van der Waals surface area contributed by atoms with Crippen molar-refractivity contribution in [2.45, 2.75) is 38.4 Å². The summed E-state index contributed by atoms with van der Waals surface area (Å²) in [4.78, 5) is 13.5. The quantitative estimate of drug-likeness (QED) is 0.792. The van der Waals surface area contributed by atoms with Crippen molar-refractivity contribution < 1.29 is 22.9 Å². The van der Waals surface area contributed by atoms with Gasteiger partial charge in [0.15, 0.2) is 0 Å². The molecule has 1 aromatic rings. The van der Waals surface area contributed by atoms with Crippen LogP contribution in [0.4, 0.5) is 13.2 Å². The van der Waals surface area contributed by atoms with Crippen LogP contribution in [0.2, 0.25) is 0 Å². The summed E-state index contributed by atoms with van der Waals surface area (Å²) in [6.45, 7) is 5.43. The lowest BCUT2D eigenvalue weighted by Gasteiger charge is -2.29. The van der Waals surface area contributed by atoms with Gasteiger partial charge in [-0.2, -0.15) is 13.2 Å². The van der Waals surface area contributed by atoms with E-state index in [2.05, 4.69) is 12.2 Å². The number of amides is 1. The van der Waals surface area contributed by atoms with E-state index in [0.29, 0.717) is 5.56 Å². The number of quaternary nitrogens is 1. The minimum Gasteiger partial charge on any atom is -0.349 e. The molecule has 1 aromatic carbocycles. The Morgan fingerprint density at radius 2 is 2.04 bits per heavy atom. The fourth-order valence-electron chi connectivity index (χ4n) is 3.01. The molecule has 24 heavy (non-hydrogen) atoms. The van der Waals surface area contributed by atoms with Gasteiger partial charge in [-0.25, -0.2) is 0 Å². The Labute approximate surface area is 140 Å². The van der Waals surface area contributed by atoms with E-state index in [-0.39, 0.29) is 11.9 Å². The predicted molar refractivity (Wildman–Crippen MR) is 87.5 cm³/mol. The third-order valence-electron chi connectivity index (χ3n) is 4.28. The summed E-state index contributed by atoms with van der Waals surface area (Å²) in [6, 6.07) is 5.10. The maximum Gasteiger partial charge on any atom is 0.416 e. The smallest absolute Gasteiger partial charge is 0.349 e. The Hall–Kier alpha value is -1.82. The fourth-order valence-corrected chi connectivity index (χ4v) is 3.01. The molecular weight excluding hydrogens is 317 g/mol. The number of alkyl halides is 3. The van der Waals surface area contributed by atoms with Crippen LogP contribution in [0, 0.1) is 0 Å². The normalized spacial score (nSPS) is 21.8. The molecule has 1 amide bonds. The van der Waals surface area contributed by atoms with Gasteiger partial charge in [0.05, 0.1) is 25.2 Å². The van der Waals surface area contributed by atoms with Crippen LogP contribution in [-0.2, 0) is 11.0 Å². The number of hydrogen-bond donors (Lipinski definition) is 2. The first-order chi connectivity index (χ1) is 11.4. The Morgan fingerprint density at radius 1 is 1.33 bits per heavy atom. The number of likely N-dealkylation sites (tertiary alicyclic amines) is 1. The second-order valence-electron chi connectivity index (χ2n) is 6.24. The number of piperidine rings is 1. The summed E-state index contributed by atoms with van der Waals surface area (Å²) in [5.74, 6) is -0.253. The van der Waals surface area contributed by atoms with Crippen molar-refractivity contribution in [3.63, 3.8) is 0 Å². The summed E-state index contributed by atoms with van der Waals surface area (Å²) in [6.07, 6.45) is 1.40. The Morgan fingerprint density at radius 3 is 2.67 bits per heavy atom. The zero-order chi connectivity index (χ0) is 17.6. The maximum absolute atomic E-state index is 12.7. The fraction of sp³-hybridized carbons (Fsp3) is 0.500. The standard InChI is InChI=1S/C18H23F3N2O/c1-2-10-23-11-8-16(9-12-23)22-17(24)7-6-14-4-3-5-15(13-14)18(19,20)21/h3-7,13,16H,2,8-12H2,1H3,(H,22,24)/p+1/b7-6+. The molecule has 0 aromatic heterocycles. The highest BCUT2D eigenvalue weighted by Crippen LogP contribution is 2.29. The SMILES string of the molecule is CCC[NH+]1CCC(NC(=O)/C=C/c2cccc(C(F)(F)F)c2)CC1. The van der Waals surface area contributed by atoms with Crippen molar-refractivity contribution in [1.29, 1.82) is 0 Å². The number of hydrogen-bond acceptors (Lipinski definition) is 1. The Bertz CT molecular complexity index is 576. The van der Waals surface area contributed by atoms with Crippen LogP contribution in [0.5, 0.6) is 0 Å². The van der Waals surface area contributed by atoms with E-state index in [1.807, 2.05) is 0 Å². The highest BCUT2D eigenvalue weighted by Gasteiger charge is 2.30. The van der Waals surface area contributed by atoms with Gasteiger partial charge in [-0.05, 0) is 30.2 Å². The molecule has 0 saturated carbocycles. The minimum atomic E-state index is -4.37. The molecule has 1 fully saturated rings. The number of nitrogens with one attached hydrogen (secondary N) is 2. The maximum atomic E-state index is 12.7. The van der Waals surface area contributed by atoms with E-state index >= 15 is 0 Å². The van der Waals surface area contributed by atoms with Gasteiger partial charge in [-0.3, -0.25) is 4.79 Å². The van der Waals surface area contributed by atoms with Gasteiger partial charge in [0, 0.05) is 25.0 Å². The van der Waals surface area contributed by atoms with E-state index < -0.39 is 11.7 Å². The van der Waals surface area contributed by atoms with E-state index in [4.69, 9.17) is 0 Å². The van der Waals surface area contributed by atoms with Crippen LogP contribution in [0.15, 0.2) is 30.3 Å². The molecule has 3 nitrogen and oxygen atoms in total. The highest BCUT2D eigenvalue weighted by atomic mass is 19.4. The molecule has 6 heteroatoms. The molecule has 1 heterocycles. The molecule has 1 saturated heterocycles. The Balaban J connectivity index is 1.85. The van der Waals surface area contributed by atoms with Gasteiger partial charge in [-0.15, -0.1) is 0 Å². The van der Waals surface area contributed by atoms with Crippen LogP contribution in [-0.4, -0.2) is 31.6 Å². The van der Waals surface area contributed by atoms with E-state index in [0.717, 1.165) is 51.0 Å². The second-order valence-corrected chi connectivity index (χ2v) is 6.24. The van der Waals surface area contributed by atoms with Crippen molar-refractivity contribution in [3.8, 4) is 0 Å². The van der Waals surface area contributed by atoms with E-state index in [1.165, 1.54) is 18.2 Å². The lowest BCUT2D eigenvalue weighted by molar-refractivity contribution is -0.905. The number of rotatable bonds is 5. The third kappa shape index (κ3) is 5.67. The van der Waals surface area contributed by atoms with Gasteiger partial charge in [0.25, 0.3) is 0 Å². The summed E-state index contributed by atoms with van der Waals surface area (Å²) >= 11 is 0. The summed E-state index contributed by atoms with van der Waals surface area (Å²) in [5, 5.41) is 2.94. The summed E-state index contributed by atoms with van der Waals surface area (Å²) in [5.41, 5.74) is -0.349. The molecule has 1 aliphatic heterocycles. The second kappa shape index (κ2) is 8.33. The lowest BCUT2D eigenvalue weighted by atomic mass is 10.0. The van der Waals surface area contributed by atoms with Crippen molar-refractivity contribution in [2.24, 2.45) is 0 Å². The molecular formula is C18H24F3N2O+. The van der Waals surface area contributed by atoms with Crippen molar-refractivity contribution >= 4 is 12.0 Å². The van der Waals surface area contributed by atoms with Crippen molar-refractivity contribution in [1.82, 2.24) is 5.32 Å². The molecule has 0 atom stereocenters. The van der Waals surface area contributed by atoms with Crippen molar-refractivity contribution in [2.75, 3.05) is 19.6 Å². The predicted octanol–water partition coefficient (Wildman–Crippen LogP) is 2.29. The highest BCUT2D eigenvalue weighted by molar-refractivity contribution is 5.91. The first kappa shape index (κ1) is 18.5. The van der Waals surface area contributed by atoms with Gasteiger partial charge < -0.3 is 10.2 Å². The number of carbonyl (C=O) groups excluding carboxylic acids is 1. The molecule has 1 aliphatic rings. The van der Waals surface area contributed by atoms with Gasteiger partial charge in [0.1, 0.15) is 0 Å². The van der Waals surface area contributed by atoms with Gasteiger partial charge in [-0.1, -0.05) is 19.1 Å². The average Bonchev–Trinajstić information content (AvgIpc) is 2.55. The molecule has 2 rings (SSSR count). The van der Waals surface area contributed by atoms with Crippen LogP contribution in [0.3, 0.4) is 0 Å². The average molecular weight is 341 g/mol. The lowest BCUT2D eigenvalue weighted by Crippen LogP contribution is -3.13. The van der Waals surface area contributed by atoms with Gasteiger partial charge in [0.2, 0.25) is 5.91 Å². The van der Waals surface area contributed by atoms with Crippen molar-refractivity contribution in [3.05, 3.63) is 41.5 Å². The summed E-state index contributed by atoms with van der Waals surface area (Å²) < 4.78 is 38.0. The van der Waals surface area contributed by atoms with Crippen LogP contribution < -0.4 is 10.2 Å².